The molecule has 2 bridgehead atoms. The zero-order chi connectivity index (χ0) is 16.1. The predicted octanol–water partition coefficient (Wildman–Crippen LogP) is 1.63. The molecule has 0 aromatic carbocycles. The molecule has 0 aromatic heterocycles. The summed E-state index contributed by atoms with van der Waals surface area (Å²) in [4.78, 5) is 39.2. The van der Waals surface area contributed by atoms with Crippen LogP contribution >= 0.6 is 0 Å². The fraction of sp³-hybridized carbons (Fsp3) is 0.722. The Labute approximate surface area is 136 Å². The first-order valence-corrected chi connectivity index (χ1v) is 8.93. The third-order valence-electron chi connectivity index (χ3n) is 6.22. The first-order chi connectivity index (χ1) is 11.1. The van der Waals surface area contributed by atoms with Gasteiger partial charge >= 0.3 is 0 Å². The fourth-order valence-corrected chi connectivity index (χ4v) is 4.99. The van der Waals surface area contributed by atoms with Crippen molar-refractivity contribution in [3.8, 4) is 0 Å². The first kappa shape index (κ1) is 14.9. The Kier molecular flexibility index (Phi) is 3.54. The average molecular weight is 316 g/mol. The van der Waals surface area contributed by atoms with E-state index in [0.29, 0.717) is 0 Å². The number of likely N-dealkylation sites (tertiary alicyclic amines) is 1. The minimum Gasteiger partial charge on any atom is -0.352 e. The summed E-state index contributed by atoms with van der Waals surface area (Å²) >= 11 is 0. The second-order valence-electron chi connectivity index (χ2n) is 7.57. The number of hydrogen-bond donors (Lipinski definition) is 1. The number of carbonyl (C=O) groups is 3. The number of carbonyl (C=O) groups excluding carboxylic acids is 3. The van der Waals surface area contributed by atoms with Crippen LogP contribution in [0.2, 0.25) is 0 Å². The summed E-state index contributed by atoms with van der Waals surface area (Å²) in [7, 11) is 0. The second kappa shape index (κ2) is 5.46. The van der Waals surface area contributed by atoms with Gasteiger partial charge in [0.25, 0.3) is 0 Å². The third kappa shape index (κ3) is 2.24. The molecule has 5 nitrogen and oxygen atoms in total. The highest BCUT2D eigenvalue weighted by Gasteiger charge is 2.60. The Morgan fingerprint density at radius 3 is 2.22 bits per heavy atom. The number of fused-ring (bicyclic) bond motifs is 5. The Hall–Kier alpha value is -1.65. The van der Waals surface area contributed by atoms with Gasteiger partial charge in [-0.1, -0.05) is 31.4 Å². The second-order valence-corrected chi connectivity index (χ2v) is 7.57. The van der Waals surface area contributed by atoms with E-state index < -0.39 is 6.04 Å². The van der Waals surface area contributed by atoms with Crippen molar-refractivity contribution < 1.29 is 14.4 Å². The molecule has 23 heavy (non-hydrogen) atoms. The fourth-order valence-electron chi connectivity index (χ4n) is 4.99. The van der Waals surface area contributed by atoms with E-state index in [1.54, 1.807) is 6.92 Å². The Bertz CT molecular complexity index is 549. The van der Waals surface area contributed by atoms with Gasteiger partial charge in [-0.3, -0.25) is 19.3 Å². The third-order valence-corrected chi connectivity index (χ3v) is 6.22. The molecule has 4 rings (SSSR count). The monoisotopic (exact) mass is 316 g/mol. The largest absolute Gasteiger partial charge is 0.352 e. The van der Waals surface area contributed by atoms with Gasteiger partial charge < -0.3 is 5.32 Å². The van der Waals surface area contributed by atoms with Gasteiger partial charge in [0, 0.05) is 6.04 Å². The maximum atomic E-state index is 12.7. The van der Waals surface area contributed by atoms with Gasteiger partial charge in [0.15, 0.2) is 0 Å². The molecule has 124 valence electrons. The Morgan fingerprint density at radius 2 is 1.65 bits per heavy atom. The van der Waals surface area contributed by atoms with Crippen LogP contribution in [-0.2, 0) is 14.4 Å². The van der Waals surface area contributed by atoms with E-state index in [9.17, 15) is 14.4 Å². The highest BCUT2D eigenvalue weighted by molar-refractivity contribution is 6.09. The quantitative estimate of drug-likeness (QED) is 0.636. The van der Waals surface area contributed by atoms with Gasteiger partial charge in [-0.25, -0.2) is 0 Å². The molecule has 3 aliphatic carbocycles. The highest BCUT2D eigenvalue weighted by atomic mass is 16.2. The molecule has 5 atom stereocenters. The molecule has 1 heterocycles. The molecular weight excluding hydrogens is 292 g/mol. The van der Waals surface area contributed by atoms with Crippen LogP contribution in [0.15, 0.2) is 12.2 Å². The van der Waals surface area contributed by atoms with Crippen LogP contribution in [0.25, 0.3) is 0 Å². The number of hydrogen-bond acceptors (Lipinski definition) is 3. The zero-order valence-electron chi connectivity index (χ0n) is 13.5. The molecule has 0 radical (unpaired) electrons. The van der Waals surface area contributed by atoms with E-state index in [-0.39, 0.29) is 47.4 Å². The van der Waals surface area contributed by atoms with Crippen LogP contribution < -0.4 is 5.32 Å². The normalized spacial score (nSPS) is 37.3. The molecule has 0 aromatic rings. The maximum absolute atomic E-state index is 12.7. The van der Waals surface area contributed by atoms with Crippen molar-refractivity contribution in [2.24, 2.45) is 23.7 Å². The molecule has 2 saturated carbocycles. The van der Waals surface area contributed by atoms with Gasteiger partial charge in [-0.05, 0) is 38.0 Å². The van der Waals surface area contributed by atoms with Crippen LogP contribution in [0.1, 0.15) is 45.4 Å². The molecule has 3 fully saturated rings. The zero-order valence-corrected chi connectivity index (χ0v) is 13.5. The Morgan fingerprint density at radius 1 is 1.09 bits per heavy atom. The molecule has 0 spiro atoms. The summed E-state index contributed by atoms with van der Waals surface area (Å²) in [6, 6.07) is -0.495. The number of nitrogens with zero attached hydrogens (tertiary/aromatic N) is 1. The lowest BCUT2D eigenvalue weighted by molar-refractivity contribution is -0.148. The van der Waals surface area contributed by atoms with Crippen molar-refractivity contribution in [2.45, 2.75) is 57.5 Å². The number of imide groups is 1. The lowest BCUT2D eigenvalue weighted by Gasteiger charge is -2.28. The van der Waals surface area contributed by atoms with Crippen LogP contribution in [0.5, 0.6) is 0 Å². The number of allylic oxidation sites excluding steroid dienone is 2. The average Bonchev–Trinajstić information content (AvgIpc) is 3.22. The molecule has 1 N–H and O–H groups in total. The van der Waals surface area contributed by atoms with Gasteiger partial charge in [0.2, 0.25) is 17.7 Å². The van der Waals surface area contributed by atoms with E-state index in [0.717, 1.165) is 32.1 Å². The van der Waals surface area contributed by atoms with Gasteiger partial charge in [-0.15, -0.1) is 0 Å². The van der Waals surface area contributed by atoms with Gasteiger partial charge in [-0.2, -0.15) is 0 Å². The molecule has 3 amide bonds. The number of rotatable bonds is 3. The van der Waals surface area contributed by atoms with E-state index in [4.69, 9.17) is 0 Å². The first-order valence-electron chi connectivity index (χ1n) is 8.93. The van der Waals surface area contributed by atoms with E-state index in [2.05, 4.69) is 17.5 Å². The summed E-state index contributed by atoms with van der Waals surface area (Å²) in [6.07, 6.45) is 10.6. The van der Waals surface area contributed by atoms with Crippen LogP contribution in [0.3, 0.4) is 0 Å². The summed E-state index contributed by atoms with van der Waals surface area (Å²) in [6.45, 7) is 1.68. The smallest absolute Gasteiger partial charge is 0.243 e. The molecule has 5 heteroatoms. The molecule has 1 saturated heterocycles. The van der Waals surface area contributed by atoms with E-state index in [1.165, 1.54) is 11.3 Å². The lowest BCUT2D eigenvalue weighted by Crippen LogP contribution is -2.51. The predicted molar refractivity (Wildman–Crippen MR) is 84.0 cm³/mol. The minimum atomic E-state index is -0.693. The molecule has 0 unspecified atom stereocenters. The number of amides is 3. The minimum absolute atomic E-state index is 0.136. The lowest BCUT2D eigenvalue weighted by atomic mass is 9.85. The van der Waals surface area contributed by atoms with Crippen molar-refractivity contribution in [1.82, 2.24) is 10.2 Å². The van der Waals surface area contributed by atoms with Crippen LogP contribution in [0, 0.1) is 23.7 Å². The maximum Gasteiger partial charge on any atom is 0.243 e. The van der Waals surface area contributed by atoms with Crippen molar-refractivity contribution >= 4 is 17.7 Å². The molecule has 1 aliphatic heterocycles. The summed E-state index contributed by atoms with van der Waals surface area (Å²) in [5.74, 6) is -0.504. The topological polar surface area (TPSA) is 66.5 Å². The summed E-state index contributed by atoms with van der Waals surface area (Å²) in [5.41, 5.74) is 0. The molecule has 4 aliphatic rings. The van der Waals surface area contributed by atoms with Crippen molar-refractivity contribution in [3.05, 3.63) is 12.2 Å². The van der Waals surface area contributed by atoms with Crippen LogP contribution in [0.4, 0.5) is 0 Å². The van der Waals surface area contributed by atoms with Gasteiger partial charge in [0.1, 0.15) is 6.04 Å². The van der Waals surface area contributed by atoms with Gasteiger partial charge in [0.05, 0.1) is 11.8 Å². The van der Waals surface area contributed by atoms with E-state index >= 15 is 0 Å². The van der Waals surface area contributed by atoms with Crippen molar-refractivity contribution in [3.63, 3.8) is 0 Å². The summed E-state index contributed by atoms with van der Waals surface area (Å²) < 4.78 is 0. The standard InChI is InChI=1S/C18H24N2O3/c1-10(16(21)19-13-5-3-2-4-6-13)20-17(22)14-11-7-8-12(9-11)15(14)18(20)23/h7-8,10-15H,2-6,9H2,1H3,(H,19,21)/t10-,11-,12-,14-,15+/m0/s1. The Balaban J connectivity index is 1.46. The van der Waals surface area contributed by atoms with E-state index in [1.807, 2.05) is 0 Å². The molecular formula is C18H24N2O3. The SMILES string of the molecule is C[C@@H](C(=O)NC1CCCCC1)N1C(=O)[C@@H]2[C@H](C1=O)[C@H]1C=C[C@H]2C1. The van der Waals surface area contributed by atoms with Crippen molar-refractivity contribution in [1.29, 1.82) is 0 Å². The highest BCUT2D eigenvalue weighted by Crippen LogP contribution is 2.52. The number of nitrogens with one attached hydrogen (secondary N) is 1. The van der Waals surface area contributed by atoms with Crippen LogP contribution in [-0.4, -0.2) is 34.7 Å². The van der Waals surface area contributed by atoms with Crippen molar-refractivity contribution in [2.75, 3.05) is 0 Å². The summed E-state index contributed by atoms with van der Waals surface area (Å²) in [5, 5.41) is 3.04.